The normalized spacial score (nSPS) is 21.8. The lowest BCUT2D eigenvalue weighted by Crippen LogP contribution is -2.39. The number of carbonyl (C=O) groups excluding carboxylic acids is 2. The van der Waals surface area contributed by atoms with Crippen LogP contribution in [0.4, 0.5) is 17.1 Å². The summed E-state index contributed by atoms with van der Waals surface area (Å²) in [5.74, 6) is -0.175. The number of imide groups is 1. The van der Waals surface area contributed by atoms with Crippen molar-refractivity contribution >= 4 is 28.9 Å². The lowest BCUT2D eigenvalue weighted by atomic mass is 9.91. The van der Waals surface area contributed by atoms with Crippen LogP contribution < -0.4 is 9.80 Å². The van der Waals surface area contributed by atoms with Gasteiger partial charge in [0, 0.05) is 19.2 Å². The number of carbonyl (C=O) groups is 2. The maximum absolute atomic E-state index is 13.0. The van der Waals surface area contributed by atoms with Crippen molar-refractivity contribution in [2.75, 3.05) is 22.9 Å². The molecule has 0 aliphatic carbocycles. The van der Waals surface area contributed by atoms with Gasteiger partial charge in [-0.1, -0.05) is 32.0 Å². The highest BCUT2D eigenvalue weighted by Gasteiger charge is 2.40. The molecule has 0 radical (unpaired) electrons. The molecule has 2 aliphatic rings. The second-order valence-electron chi connectivity index (χ2n) is 7.78. The van der Waals surface area contributed by atoms with Crippen LogP contribution in [0.1, 0.15) is 41.0 Å². The number of benzene rings is 2. The van der Waals surface area contributed by atoms with Gasteiger partial charge >= 0.3 is 0 Å². The number of nitrogens with zero attached hydrogens (tertiary/aromatic N) is 3. The first kappa shape index (κ1) is 18.2. The second kappa shape index (κ2) is 6.74. The zero-order chi connectivity index (χ0) is 20.0. The molecule has 7 heteroatoms. The maximum Gasteiger partial charge on any atom is 0.293 e. The molecule has 1 fully saturated rings. The Morgan fingerprint density at radius 1 is 0.964 bits per heavy atom. The van der Waals surface area contributed by atoms with Gasteiger partial charge in [0.1, 0.15) is 5.69 Å². The van der Waals surface area contributed by atoms with E-state index in [4.69, 9.17) is 0 Å². The predicted molar refractivity (Wildman–Crippen MR) is 106 cm³/mol. The Morgan fingerprint density at radius 2 is 1.54 bits per heavy atom. The topological polar surface area (TPSA) is 83.8 Å². The molecule has 0 spiro atoms. The van der Waals surface area contributed by atoms with Gasteiger partial charge < -0.3 is 4.90 Å². The number of hydrogen-bond acceptors (Lipinski definition) is 5. The molecule has 28 heavy (non-hydrogen) atoms. The fourth-order valence-corrected chi connectivity index (χ4v) is 4.33. The summed E-state index contributed by atoms with van der Waals surface area (Å²) in [6.07, 6.45) is 1.06. The van der Waals surface area contributed by atoms with Crippen LogP contribution in [-0.2, 0) is 0 Å². The van der Waals surface area contributed by atoms with E-state index in [0.29, 0.717) is 36.3 Å². The minimum Gasteiger partial charge on any atom is -0.365 e. The van der Waals surface area contributed by atoms with Crippen molar-refractivity contribution in [2.24, 2.45) is 11.8 Å². The molecule has 2 heterocycles. The first-order valence-electron chi connectivity index (χ1n) is 9.38. The van der Waals surface area contributed by atoms with E-state index in [0.717, 1.165) is 11.3 Å². The van der Waals surface area contributed by atoms with Crippen molar-refractivity contribution in [1.82, 2.24) is 0 Å². The number of amides is 2. The van der Waals surface area contributed by atoms with E-state index in [1.807, 2.05) is 4.90 Å². The van der Waals surface area contributed by atoms with Crippen molar-refractivity contribution in [1.29, 1.82) is 0 Å². The summed E-state index contributed by atoms with van der Waals surface area (Å²) in [5.41, 5.74) is 1.05. The number of rotatable bonds is 3. The Kier molecular flexibility index (Phi) is 4.37. The molecular weight excluding hydrogens is 358 g/mol. The van der Waals surface area contributed by atoms with Gasteiger partial charge in [-0.2, -0.15) is 0 Å². The van der Waals surface area contributed by atoms with Gasteiger partial charge in [-0.05, 0) is 36.5 Å². The average molecular weight is 379 g/mol. The van der Waals surface area contributed by atoms with Crippen LogP contribution in [0.2, 0.25) is 0 Å². The van der Waals surface area contributed by atoms with Gasteiger partial charge in [-0.3, -0.25) is 19.7 Å². The standard InChI is InChI=1S/C21H21N3O4/c1-13-8-14(2)12-22(11-13)18-9-16-17(10-19(18)24(27)28)21(26)23(20(16)25)15-6-4-3-5-7-15/h3-7,9-10,13-14H,8,11-12H2,1-2H3/t13-,14-/m0/s1. The summed E-state index contributed by atoms with van der Waals surface area (Å²) >= 11 is 0. The molecule has 0 aromatic heterocycles. The molecule has 0 N–H and O–H groups in total. The molecule has 2 aromatic rings. The maximum atomic E-state index is 13.0. The van der Waals surface area contributed by atoms with E-state index in [1.54, 1.807) is 30.3 Å². The van der Waals surface area contributed by atoms with Gasteiger partial charge in [-0.15, -0.1) is 0 Å². The highest BCUT2D eigenvalue weighted by Crippen LogP contribution is 2.39. The smallest absolute Gasteiger partial charge is 0.293 e. The molecule has 2 aliphatic heterocycles. The molecule has 1 saturated heterocycles. The average Bonchev–Trinajstić information content (AvgIpc) is 2.90. The lowest BCUT2D eigenvalue weighted by Gasteiger charge is -2.36. The summed E-state index contributed by atoms with van der Waals surface area (Å²) < 4.78 is 0. The van der Waals surface area contributed by atoms with E-state index in [1.165, 1.54) is 12.1 Å². The summed E-state index contributed by atoms with van der Waals surface area (Å²) in [5, 5.41) is 11.7. The second-order valence-corrected chi connectivity index (χ2v) is 7.78. The van der Waals surface area contributed by atoms with E-state index >= 15 is 0 Å². The van der Waals surface area contributed by atoms with Gasteiger partial charge in [-0.25, -0.2) is 4.90 Å². The molecular formula is C21H21N3O4. The van der Waals surface area contributed by atoms with Gasteiger partial charge in [0.25, 0.3) is 17.5 Å². The van der Waals surface area contributed by atoms with E-state index in [9.17, 15) is 19.7 Å². The van der Waals surface area contributed by atoms with Crippen LogP contribution >= 0.6 is 0 Å². The monoisotopic (exact) mass is 379 g/mol. The van der Waals surface area contributed by atoms with Crippen LogP contribution in [0.5, 0.6) is 0 Å². The molecule has 144 valence electrons. The highest BCUT2D eigenvalue weighted by molar-refractivity contribution is 6.35. The van der Waals surface area contributed by atoms with E-state index < -0.39 is 16.7 Å². The summed E-state index contributed by atoms with van der Waals surface area (Å²) in [6, 6.07) is 11.4. The number of hydrogen-bond donors (Lipinski definition) is 0. The third-order valence-electron chi connectivity index (χ3n) is 5.40. The minimum atomic E-state index is -0.527. The molecule has 2 aromatic carbocycles. The molecule has 2 atom stereocenters. The van der Waals surface area contributed by atoms with Crippen LogP contribution in [0, 0.1) is 22.0 Å². The third kappa shape index (κ3) is 2.93. The van der Waals surface area contributed by atoms with Crippen LogP contribution in [-0.4, -0.2) is 29.8 Å². The Hall–Kier alpha value is -3.22. The number of piperidine rings is 1. The molecule has 4 rings (SSSR count). The van der Waals surface area contributed by atoms with Crippen molar-refractivity contribution in [3.63, 3.8) is 0 Å². The lowest BCUT2D eigenvalue weighted by molar-refractivity contribution is -0.384. The van der Waals surface area contributed by atoms with Gasteiger partial charge in [0.2, 0.25) is 0 Å². The van der Waals surface area contributed by atoms with Gasteiger partial charge in [0.05, 0.1) is 21.7 Å². The van der Waals surface area contributed by atoms with Crippen LogP contribution in [0.25, 0.3) is 0 Å². The third-order valence-corrected chi connectivity index (χ3v) is 5.40. The number of para-hydroxylation sites is 1. The Morgan fingerprint density at radius 3 is 2.11 bits per heavy atom. The number of nitro groups is 1. The van der Waals surface area contributed by atoms with Crippen molar-refractivity contribution < 1.29 is 14.5 Å². The molecule has 0 bridgehead atoms. The van der Waals surface area contributed by atoms with Crippen LogP contribution in [0.15, 0.2) is 42.5 Å². The number of fused-ring (bicyclic) bond motifs is 1. The first-order valence-corrected chi connectivity index (χ1v) is 9.38. The fraction of sp³-hybridized carbons (Fsp3) is 0.333. The zero-order valence-electron chi connectivity index (χ0n) is 15.8. The molecule has 2 amide bonds. The summed E-state index contributed by atoms with van der Waals surface area (Å²) in [4.78, 5) is 40.1. The van der Waals surface area contributed by atoms with E-state index in [2.05, 4.69) is 13.8 Å². The van der Waals surface area contributed by atoms with Gasteiger partial charge in [0.15, 0.2) is 0 Å². The van der Waals surface area contributed by atoms with E-state index in [-0.39, 0.29) is 16.8 Å². The Bertz CT molecular complexity index is 963. The van der Waals surface area contributed by atoms with Crippen molar-refractivity contribution in [2.45, 2.75) is 20.3 Å². The molecule has 0 saturated carbocycles. The van der Waals surface area contributed by atoms with Crippen molar-refractivity contribution in [3.8, 4) is 0 Å². The SMILES string of the molecule is C[C@H]1C[C@H](C)CN(c2cc3c(cc2[N+](=O)[O-])C(=O)N(c2ccccc2)C3=O)C1. The molecule has 7 nitrogen and oxygen atoms in total. The Labute approximate surface area is 162 Å². The Balaban J connectivity index is 1.81. The number of nitro benzene ring substituents is 1. The molecule has 0 unspecified atom stereocenters. The predicted octanol–water partition coefficient (Wildman–Crippen LogP) is 3.88. The minimum absolute atomic E-state index is 0.0856. The highest BCUT2D eigenvalue weighted by atomic mass is 16.6. The van der Waals surface area contributed by atoms with Crippen molar-refractivity contribution in [3.05, 3.63) is 63.7 Å². The first-order chi connectivity index (χ1) is 13.4. The zero-order valence-corrected chi connectivity index (χ0v) is 15.8. The summed E-state index contributed by atoms with van der Waals surface area (Å²) in [7, 11) is 0. The quantitative estimate of drug-likeness (QED) is 0.459. The fourth-order valence-electron chi connectivity index (χ4n) is 4.33. The summed E-state index contributed by atoms with van der Waals surface area (Å²) in [6.45, 7) is 5.62. The number of anilines is 2. The largest absolute Gasteiger partial charge is 0.365 e. The van der Waals surface area contributed by atoms with Crippen LogP contribution in [0.3, 0.4) is 0 Å².